The molecule has 0 aromatic heterocycles. The normalized spacial score (nSPS) is 11.2. The van der Waals surface area contributed by atoms with Gasteiger partial charge in [-0.2, -0.15) is 0 Å². The maximum Gasteiger partial charge on any atom is 0.262 e. The van der Waals surface area contributed by atoms with Crippen molar-refractivity contribution < 1.29 is 13.2 Å². The molecule has 0 unspecified atom stereocenters. The van der Waals surface area contributed by atoms with E-state index in [1.165, 1.54) is 25.3 Å². The maximum absolute atomic E-state index is 12.4. The lowest BCUT2D eigenvalue weighted by Crippen LogP contribution is -2.13. The van der Waals surface area contributed by atoms with Gasteiger partial charge in [-0.1, -0.05) is 29.3 Å². The van der Waals surface area contributed by atoms with Crippen LogP contribution in [0.2, 0.25) is 10.0 Å². The van der Waals surface area contributed by atoms with Crippen LogP contribution < -0.4 is 9.46 Å². The van der Waals surface area contributed by atoms with Gasteiger partial charge in [0.25, 0.3) is 10.0 Å². The van der Waals surface area contributed by atoms with Gasteiger partial charge in [-0.05, 0) is 42.8 Å². The monoisotopic (exact) mass is 345 g/mol. The molecule has 0 amide bonds. The molecule has 0 saturated carbocycles. The van der Waals surface area contributed by atoms with E-state index < -0.39 is 10.0 Å². The van der Waals surface area contributed by atoms with Crippen molar-refractivity contribution in [3.8, 4) is 5.75 Å². The summed E-state index contributed by atoms with van der Waals surface area (Å²) in [5.74, 6) is 0.376. The van der Waals surface area contributed by atoms with Gasteiger partial charge in [0.05, 0.1) is 17.7 Å². The third-order valence-electron chi connectivity index (χ3n) is 2.86. The molecule has 1 N–H and O–H groups in total. The van der Waals surface area contributed by atoms with E-state index in [0.717, 1.165) is 5.56 Å². The van der Waals surface area contributed by atoms with E-state index >= 15 is 0 Å². The van der Waals surface area contributed by atoms with Gasteiger partial charge in [-0.15, -0.1) is 0 Å². The first-order valence-electron chi connectivity index (χ1n) is 5.96. The highest BCUT2D eigenvalue weighted by molar-refractivity contribution is 7.92. The Bertz CT molecular complexity index is 776. The van der Waals surface area contributed by atoms with Crippen LogP contribution >= 0.6 is 23.2 Å². The quantitative estimate of drug-likeness (QED) is 0.906. The first kappa shape index (κ1) is 15.9. The Kier molecular flexibility index (Phi) is 4.66. The molecule has 7 heteroatoms. The average Bonchev–Trinajstić information content (AvgIpc) is 2.41. The predicted octanol–water partition coefficient (Wildman–Crippen LogP) is 4.11. The fraction of sp³-hybridized carbons (Fsp3) is 0.143. The highest BCUT2D eigenvalue weighted by Crippen LogP contribution is 2.30. The average molecular weight is 346 g/mol. The van der Waals surface area contributed by atoms with Crippen LogP contribution in [0.5, 0.6) is 5.75 Å². The molecule has 0 aliphatic heterocycles. The van der Waals surface area contributed by atoms with Gasteiger partial charge in [-0.25, -0.2) is 8.42 Å². The molecule has 2 rings (SSSR count). The van der Waals surface area contributed by atoms with Crippen molar-refractivity contribution >= 4 is 38.9 Å². The number of benzene rings is 2. The van der Waals surface area contributed by atoms with Crippen LogP contribution in [-0.2, 0) is 10.0 Å². The Hall–Kier alpha value is -1.43. The molecule has 0 spiro atoms. The highest BCUT2D eigenvalue weighted by atomic mass is 35.5. The van der Waals surface area contributed by atoms with Crippen molar-refractivity contribution in [2.75, 3.05) is 11.8 Å². The van der Waals surface area contributed by atoms with Crippen LogP contribution in [0.3, 0.4) is 0 Å². The van der Waals surface area contributed by atoms with E-state index in [-0.39, 0.29) is 10.6 Å². The Balaban J connectivity index is 2.41. The molecule has 0 aliphatic rings. The van der Waals surface area contributed by atoms with Crippen LogP contribution in [0.25, 0.3) is 0 Å². The van der Waals surface area contributed by atoms with Crippen LogP contribution in [0.1, 0.15) is 5.56 Å². The fourth-order valence-corrected chi connectivity index (χ4v) is 3.21. The molecule has 112 valence electrons. The van der Waals surface area contributed by atoms with Crippen molar-refractivity contribution in [3.05, 3.63) is 52.0 Å². The minimum Gasteiger partial charge on any atom is -0.495 e. The zero-order chi connectivity index (χ0) is 15.6. The molecule has 2 aromatic rings. The standard InChI is InChI=1S/C14H13Cl2NO3S/c1-9-3-5-11(8-12(9)16)21(18,19)17-13-7-10(15)4-6-14(13)20-2/h3-8,17H,1-2H3. The highest BCUT2D eigenvalue weighted by Gasteiger charge is 2.17. The topological polar surface area (TPSA) is 55.4 Å². The van der Waals surface area contributed by atoms with Crippen molar-refractivity contribution in [1.29, 1.82) is 0 Å². The Morgan fingerprint density at radius 1 is 1.10 bits per heavy atom. The largest absolute Gasteiger partial charge is 0.495 e. The summed E-state index contributed by atoms with van der Waals surface area (Å²) in [5.41, 5.74) is 1.07. The van der Waals surface area contributed by atoms with Gasteiger partial charge in [0.2, 0.25) is 0 Å². The summed E-state index contributed by atoms with van der Waals surface area (Å²) in [6.45, 7) is 1.80. The summed E-state index contributed by atoms with van der Waals surface area (Å²) >= 11 is 11.9. The summed E-state index contributed by atoms with van der Waals surface area (Å²) in [6.07, 6.45) is 0. The molecule has 4 nitrogen and oxygen atoms in total. The molecule has 0 bridgehead atoms. The van der Waals surface area contributed by atoms with Crippen LogP contribution in [0.15, 0.2) is 41.3 Å². The van der Waals surface area contributed by atoms with E-state index in [2.05, 4.69) is 4.72 Å². The molecule has 2 aromatic carbocycles. The third-order valence-corrected chi connectivity index (χ3v) is 4.86. The number of anilines is 1. The summed E-state index contributed by atoms with van der Waals surface area (Å²) in [5, 5.41) is 0.784. The first-order chi connectivity index (χ1) is 9.83. The number of hydrogen-bond acceptors (Lipinski definition) is 3. The zero-order valence-corrected chi connectivity index (χ0v) is 13.7. The first-order valence-corrected chi connectivity index (χ1v) is 8.20. The lowest BCUT2D eigenvalue weighted by molar-refractivity contribution is 0.417. The smallest absolute Gasteiger partial charge is 0.262 e. The number of ether oxygens (including phenoxy) is 1. The SMILES string of the molecule is COc1ccc(Cl)cc1NS(=O)(=O)c1ccc(C)c(Cl)c1. The summed E-state index contributed by atoms with van der Waals surface area (Å²) in [4.78, 5) is 0.0696. The predicted molar refractivity (Wildman–Crippen MR) is 85.0 cm³/mol. The third kappa shape index (κ3) is 3.61. The van der Waals surface area contributed by atoms with Crippen LogP contribution in [0.4, 0.5) is 5.69 Å². The van der Waals surface area contributed by atoms with E-state index in [1.807, 2.05) is 0 Å². The van der Waals surface area contributed by atoms with E-state index in [9.17, 15) is 8.42 Å². The molecule has 0 aliphatic carbocycles. The van der Waals surface area contributed by atoms with Crippen molar-refractivity contribution in [3.63, 3.8) is 0 Å². The molecule has 21 heavy (non-hydrogen) atoms. The molecular formula is C14H13Cl2NO3S. The molecule has 0 heterocycles. The number of rotatable bonds is 4. The summed E-state index contributed by atoms with van der Waals surface area (Å²) in [7, 11) is -2.33. The molecule has 0 atom stereocenters. The van der Waals surface area contributed by atoms with Crippen LogP contribution in [0, 0.1) is 6.92 Å². The maximum atomic E-state index is 12.4. The van der Waals surface area contributed by atoms with Gasteiger partial charge < -0.3 is 4.74 Å². The van der Waals surface area contributed by atoms with E-state index in [1.54, 1.807) is 25.1 Å². The second-order valence-electron chi connectivity index (χ2n) is 4.36. The van der Waals surface area contributed by atoms with Gasteiger partial charge in [0.15, 0.2) is 0 Å². The van der Waals surface area contributed by atoms with Crippen LogP contribution in [-0.4, -0.2) is 15.5 Å². The molecule has 0 radical (unpaired) electrons. The van der Waals surface area contributed by atoms with Gasteiger partial charge in [0, 0.05) is 10.0 Å². The number of nitrogens with one attached hydrogen (secondary N) is 1. The second-order valence-corrected chi connectivity index (χ2v) is 6.89. The number of methoxy groups -OCH3 is 1. The van der Waals surface area contributed by atoms with E-state index in [4.69, 9.17) is 27.9 Å². The van der Waals surface area contributed by atoms with Gasteiger partial charge >= 0.3 is 0 Å². The summed E-state index contributed by atoms with van der Waals surface area (Å²) in [6, 6.07) is 9.21. The Morgan fingerprint density at radius 3 is 2.43 bits per heavy atom. The number of halogens is 2. The zero-order valence-electron chi connectivity index (χ0n) is 11.4. The number of hydrogen-bond donors (Lipinski definition) is 1. The van der Waals surface area contributed by atoms with Gasteiger partial charge in [0.1, 0.15) is 5.75 Å². The number of aryl methyl sites for hydroxylation is 1. The molecular weight excluding hydrogens is 333 g/mol. The lowest BCUT2D eigenvalue weighted by atomic mass is 10.2. The second kappa shape index (κ2) is 6.13. The lowest BCUT2D eigenvalue weighted by Gasteiger charge is -2.12. The minimum atomic E-state index is -3.78. The summed E-state index contributed by atoms with van der Waals surface area (Å²) < 4.78 is 32.3. The van der Waals surface area contributed by atoms with E-state index in [0.29, 0.717) is 15.8 Å². The van der Waals surface area contributed by atoms with Gasteiger partial charge in [-0.3, -0.25) is 4.72 Å². The fourth-order valence-electron chi connectivity index (χ4n) is 1.70. The molecule has 0 saturated heterocycles. The number of sulfonamides is 1. The molecule has 0 fully saturated rings. The van der Waals surface area contributed by atoms with Crippen molar-refractivity contribution in [2.45, 2.75) is 11.8 Å². The Morgan fingerprint density at radius 2 is 1.81 bits per heavy atom. The minimum absolute atomic E-state index is 0.0696. The van der Waals surface area contributed by atoms with Crippen molar-refractivity contribution in [1.82, 2.24) is 0 Å². The Labute approximate surface area is 133 Å². The van der Waals surface area contributed by atoms with Crippen molar-refractivity contribution in [2.24, 2.45) is 0 Å².